The van der Waals surface area contributed by atoms with Gasteiger partial charge in [0, 0.05) is 18.2 Å². The molecule has 2 heterocycles. The number of benzene rings is 2. The van der Waals surface area contributed by atoms with Gasteiger partial charge in [0.05, 0.1) is 23.8 Å². The summed E-state index contributed by atoms with van der Waals surface area (Å²) in [4.78, 5) is 37.9. The Morgan fingerprint density at radius 3 is 2.74 bits per heavy atom. The molecule has 7 heteroatoms. The molecule has 0 bridgehead atoms. The lowest BCUT2D eigenvalue weighted by molar-refractivity contribution is 0.0693. The van der Waals surface area contributed by atoms with Gasteiger partial charge in [-0.25, -0.2) is 4.39 Å². The third-order valence-electron chi connectivity index (χ3n) is 4.90. The summed E-state index contributed by atoms with van der Waals surface area (Å²) in [6, 6.07) is 8.27. The van der Waals surface area contributed by atoms with Crippen molar-refractivity contribution in [2.75, 3.05) is 13.7 Å². The SMILES string of the molecule is CN1C(=O)c2ccc(C(=O)N[C@H]3CCCOc4ccc(F)cc43)cc2C1=O. The van der Waals surface area contributed by atoms with Crippen LogP contribution in [0.4, 0.5) is 4.39 Å². The van der Waals surface area contributed by atoms with Crippen LogP contribution in [0.2, 0.25) is 0 Å². The lowest BCUT2D eigenvalue weighted by Crippen LogP contribution is -2.28. The van der Waals surface area contributed by atoms with Crippen LogP contribution >= 0.6 is 0 Å². The fourth-order valence-corrected chi connectivity index (χ4v) is 3.44. The minimum absolute atomic E-state index is 0.214. The first-order valence-electron chi connectivity index (χ1n) is 8.65. The van der Waals surface area contributed by atoms with Crippen LogP contribution in [0, 0.1) is 5.82 Å². The molecule has 2 aliphatic rings. The number of amides is 3. The second-order valence-electron chi connectivity index (χ2n) is 6.63. The van der Waals surface area contributed by atoms with Crippen LogP contribution in [-0.2, 0) is 0 Å². The zero-order chi connectivity index (χ0) is 19.1. The van der Waals surface area contributed by atoms with Crippen molar-refractivity contribution in [2.45, 2.75) is 18.9 Å². The monoisotopic (exact) mass is 368 g/mol. The molecule has 0 saturated heterocycles. The highest BCUT2D eigenvalue weighted by molar-refractivity contribution is 6.21. The molecular weight excluding hydrogens is 351 g/mol. The van der Waals surface area contributed by atoms with Gasteiger partial charge in [0.2, 0.25) is 0 Å². The van der Waals surface area contributed by atoms with Gasteiger partial charge in [-0.05, 0) is 49.2 Å². The summed E-state index contributed by atoms with van der Waals surface area (Å²) in [6.45, 7) is 0.493. The zero-order valence-corrected chi connectivity index (χ0v) is 14.6. The van der Waals surface area contributed by atoms with Crippen molar-refractivity contribution in [1.29, 1.82) is 0 Å². The summed E-state index contributed by atoms with van der Waals surface area (Å²) in [5, 5.41) is 2.89. The minimum Gasteiger partial charge on any atom is -0.493 e. The van der Waals surface area contributed by atoms with E-state index in [1.807, 2.05) is 0 Å². The number of imide groups is 1. The predicted octanol–water partition coefficient (Wildman–Crippen LogP) is 2.70. The van der Waals surface area contributed by atoms with E-state index in [0.29, 0.717) is 30.8 Å². The van der Waals surface area contributed by atoms with Gasteiger partial charge in [-0.2, -0.15) is 0 Å². The van der Waals surface area contributed by atoms with Gasteiger partial charge in [0.15, 0.2) is 0 Å². The first-order valence-corrected chi connectivity index (χ1v) is 8.65. The van der Waals surface area contributed by atoms with Gasteiger partial charge in [0.25, 0.3) is 17.7 Å². The first-order chi connectivity index (χ1) is 13.0. The Morgan fingerprint density at radius 1 is 1.15 bits per heavy atom. The minimum atomic E-state index is -0.431. The van der Waals surface area contributed by atoms with Crippen LogP contribution in [0.3, 0.4) is 0 Å². The van der Waals surface area contributed by atoms with Gasteiger partial charge < -0.3 is 10.1 Å². The van der Waals surface area contributed by atoms with Gasteiger partial charge in [-0.3, -0.25) is 19.3 Å². The third-order valence-corrected chi connectivity index (χ3v) is 4.90. The van der Waals surface area contributed by atoms with Crippen molar-refractivity contribution in [3.63, 3.8) is 0 Å². The number of carbonyl (C=O) groups is 3. The van der Waals surface area contributed by atoms with Crippen LogP contribution in [-0.4, -0.2) is 36.3 Å². The molecule has 2 aromatic rings. The van der Waals surface area contributed by atoms with Crippen LogP contribution in [0.15, 0.2) is 36.4 Å². The molecule has 3 amide bonds. The average molecular weight is 368 g/mol. The summed E-state index contributed by atoms with van der Waals surface area (Å²) in [5.41, 5.74) is 1.36. The number of fused-ring (bicyclic) bond motifs is 2. The molecule has 2 aromatic carbocycles. The number of rotatable bonds is 2. The molecular formula is C20H17FN2O4. The Labute approximate surface area is 154 Å². The van der Waals surface area contributed by atoms with Gasteiger partial charge in [-0.15, -0.1) is 0 Å². The lowest BCUT2D eigenvalue weighted by atomic mass is 10.0. The molecule has 1 atom stereocenters. The lowest BCUT2D eigenvalue weighted by Gasteiger charge is -2.18. The van der Waals surface area contributed by atoms with E-state index in [1.165, 1.54) is 37.4 Å². The highest BCUT2D eigenvalue weighted by Gasteiger charge is 2.33. The van der Waals surface area contributed by atoms with Gasteiger partial charge >= 0.3 is 0 Å². The van der Waals surface area contributed by atoms with Crippen molar-refractivity contribution in [3.8, 4) is 5.75 Å². The first kappa shape index (κ1) is 17.2. The standard InChI is InChI=1S/C20H17FN2O4/c1-23-19(25)13-6-4-11(9-14(13)20(23)26)18(24)22-16-3-2-8-27-17-7-5-12(21)10-15(16)17/h4-7,9-10,16H,2-3,8H2,1H3,(H,22,24)/t16-/m0/s1. The average Bonchev–Trinajstić information content (AvgIpc) is 2.80. The molecule has 0 saturated carbocycles. The number of hydrogen-bond acceptors (Lipinski definition) is 4. The Balaban J connectivity index is 1.62. The second-order valence-corrected chi connectivity index (χ2v) is 6.63. The van der Waals surface area contributed by atoms with Crippen molar-refractivity contribution >= 4 is 17.7 Å². The molecule has 138 valence electrons. The fourth-order valence-electron chi connectivity index (χ4n) is 3.44. The molecule has 0 spiro atoms. The molecule has 27 heavy (non-hydrogen) atoms. The highest BCUT2D eigenvalue weighted by Crippen LogP contribution is 2.32. The molecule has 0 aliphatic carbocycles. The number of ether oxygens (including phenoxy) is 1. The quantitative estimate of drug-likeness (QED) is 0.827. The normalized spacial score (nSPS) is 18.4. The smallest absolute Gasteiger partial charge is 0.261 e. The Hall–Kier alpha value is -3.22. The third kappa shape index (κ3) is 2.95. The Morgan fingerprint density at radius 2 is 1.93 bits per heavy atom. The van der Waals surface area contributed by atoms with E-state index >= 15 is 0 Å². The van der Waals surface area contributed by atoms with Gasteiger partial charge in [-0.1, -0.05) is 0 Å². The maximum Gasteiger partial charge on any atom is 0.261 e. The largest absolute Gasteiger partial charge is 0.493 e. The molecule has 6 nitrogen and oxygen atoms in total. The van der Waals surface area contributed by atoms with Crippen molar-refractivity contribution in [3.05, 3.63) is 64.5 Å². The molecule has 0 unspecified atom stereocenters. The number of hydrogen-bond donors (Lipinski definition) is 1. The zero-order valence-electron chi connectivity index (χ0n) is 14.6. The molecule has 0 aromatic heterocycles. The maximum atomic E-state index is 13.7. The number of carbonyl (C=O) groups excluding carboxylic acids is 3. The summed E-state index contributed by atoms with van der Waals surface area (Å²) in [5.74, 6) is -1.05. The van der Waals surface area contributed by atoms with E-state index < -0.39 is 23.7 Å². The molecule has 4 rings (SSSR count). The van der Waals surface area contributed by atoms with E-state index in [-0.39, 0.29) is 22.6 Å². The van der Waals surface area contributed by atoms with Crippen LogP contribution < -0.4 is 10.1 Å². The van der Waals surface area contributed by atoms with E-state index in [2.05, 4.69) is 5.32 Å². The van der Waals surface area contributed by atoms with Crippen LogP contribution in [0.5, 0.6) is 5.75 Å². The van der Waals surface area contributed by atoms with E-state index in [9.17, 15) is 18.8 Å². The van der Waals surface area contributed by atoms with E-state index in [0.717, 1.165) is 4.90 Å². The summed E-state index contributed by atoms with van der Waals surface area (Å²) in [7, 11) is 1.40. The summed E-state index contributed by atoms with van der Waals surface area (Å²) in [6.07, 6.45) is 1.32. The number of nitrogens with one attached hydrogen (secondary N) is 1. The Bertz CT molecular complexity index is 972. The number of nitrogens with zero attached hydrogens (tertiary/aromatic N) is 1. The fraction of sp³-hybridized carbons (Fsp3) is 0.250. The van der Waals surface area contributed by atoms with Crippen LogP contribution in [0.1, 0.15) is 55.5 Å². The van der Waals surface area contributed by atoms with Gasteiger partial charge in [0.1, 0.15) is 11.6 Å². The maximum absolute atomic E-state index is 13.7. The second kappa shape index (κ2) is 6.50. The highest BCUT2D eigenvalue weighted by atomic mass is 19.1. The molecule has 0 radical (unpaired) electrons. The molecule has 1 N–H and O–H groups in total. The van der Waals surface area contributed by atoms with Crippen molar-refractivity contribution in [1.82, 2.24) is 10.2 Å². The topological polar surface area (TPSA) is 75.7 Å². The molecule has 0 fully saturated rings. The number of halogens is 1. The summed E-state index contributed by atoms with van der Waals surface area (Å²) < 4.78 is 19.3. The molecule has 2 aliphatic heterocycles. The summed E-state index contributed by atoms with van der Waals surface area (Å²) >= 11 is 0. The van der Waals surface area contributed by atoms with Crippen molar-refractivity contribution in [2.24, 2.45) is 0 Å². The van der Waals surface area contributed by atoms with E-state index in [4.69, 9.17) is 4.74 Å². The Kier molecular flexibility index (Phi) is 4.14. The van der Waals surface area contributed by atoms with Crippen LogP contribution in [0.25, 0.3) is 0 Å². The van der Waals surface area contributed by atoms with E-state index in [1.54, 1.807) is 6.07 Å². The van der Waals surface area contributed by atoms with Crippen molar-refractivity contribution < 1.29 is 23.5 Å². The predicted molar refractivity (Wildman–Crippen MR) is 94.2 cm³/mol.